The first kappa shape index (κ1) is 19.1. The molecule has 1 aromatic rings. The van der Waals surface area contributed by atoms with Gasteiger partial charge in [0.2, 0.25) is 0 Å². The zero-order valence-electron chi connectivity index (χ0n) is 15.4. The second-order valence-electron chi connectivity index (χ2n) is 8.03. The van der Waals surface area contributed by atoms with Crippen molar-refractivity contribution < 1.29 is 9.90 Å². The maximum absolute atomic E-state index is 12.0. The van der Waals surface area contributed by atoms with Gasteiger partial charge in [-0.1, -0.05) is 41.5 Å². The van der Waals surface area contributed by atoms with Crippen LogP contribution in [0.1, 0.15) is 58.2 Å². The number of nitrogens with one attached hydrogen (secondary N) is 1. The van der Waals surface area contributed by atoms with Gasteiger partial charge in [-0.25, -0.2) is 0 Å². The summed E-state index contributed by atoms with van der Waals surface area (Å²) in [7, 11) is 0. The van der Waals surface area contributed by atoms with Crippen LogP contribution in [0, 0.1) is 11.5 Å². The summed E-state index contributed by atoms with van der Waals surface area (Å²) in [6.07, 6.45) is 3.52. The van der Waals surface area contributed by atoms with Gasteiger partial charge in [-0.3, -0.25) is 10.1 Å². The highest BCUT2D eigenvalue weighted by atomic mass is 32.2. The normalized spacial score (nSPS) is 16.8. The van der Waals surface area contributed by atoms with Gasteiger partial charge in [0.05, 0.1) is 4.91 Å². The second kappa shape index (κ2) is 6.57. The third-order valence-electron chi connectivity index (χ3n) is 3.83. The van der Waals surface area contributed by atoms with Crippen molar-refractivity contribution in [3.63, 3.8) is 0 Å². The van der Waals surface area contributed by atoms with Gasteiger partial charge in [0.15, 0.2) is 11.4 Å². The lowest BCUT2D eigenvalue weighted by atomic mass is 9.78. The van der Waals surface area contributed by atoms with Crippen molar-refractivity contribution in [2.75, 3.05) is 0 Å². The summed E-state index contributed by atoms with van der Waals surface area (Å²) in [6, 6.07) is 3.81. The van der Waals surface area contributed by atoms with Crippen molar-refractivity contribution in [1.29, 1.82) is 5.26 Å². The predicted molar refractivity (Wildman–Crippen MR) is 102 cm³/mol. The van der Waals surface area contributed by atoms with Crippen LogP contribution in [0.4, 0.5) is 0 Å². The fourth-order valence-electron chi connectivity index (χ4n) is 2.55. The monoisotopic (exact) mass is 357 g/mol. The maximum atomic E-state index is 12.0. The summed E-state index contributed by atoms with van der Waals surface area (Å²) >= 11 is 1.13. The number of thioether (sulfide) groups is 1. The standard InChI is InChI=1S/C19H23N3O2S/c1-18(2,3)12-7-11(8-13(15(12)23)19(4,5)6)9-14-16(24)22-17(25-14)21-10-20/h7-9,23H,1-6H3,(H,21,22,24)/b14-9-. The van der Waals surface area contributed by atoms with Gasteiger partial charge in [0.25, 0.3) is 5.91 Å². The van der Waals surface area contributed by atoms with Crippen LogP contribution in [0.2, 0.25) is 0 Å². The molecule has 0 aliphatic carbocycles. The summed E-state index contributed by atoms with van der Waals surface area (Å²) in [5.41, 5.74) is 2.01. The Morgan fingerprint density at radius 2 is 1.68 bits per heavy atom. The van der Waals surface area contributed by atoms with E-state index in [2.05, 4.69) is 10.3 Å². The van der Waals surface area contributed by atoms with E-state index in [-0.39, 0.29) is 21.9 Å². The van der Waals surface area contributed by atoms with Crippen molar-refractivity contribution in [2.45, 2.75) is 52.4 Å². The van der Waals surface area contributed by atoms with Crippen molar-refractivity contribution >= 4 is 28.9 Å². The number of aliphatic imine (C=N–C) groups is 1. The molecule has 1 aliphatic heterocycles. The Bertz CT molecular complexity index is 784. The molecule has 2 N–H and O–H groups in total. The average Bonchev–Trinajstić information content (AvgIpc) is 2.78. The fraction of sp³-hybridized carbons (Fsp3) is 0.421. The summed E-state index contributed by atoms with van der Waals surface area (Å²) in [5.74, 6) is -0.0684. The lowest BCUT2D eigenvalue weighted by Crippen LogP contribution is -2.17. The van der Waals surface area contributed by atoms with Gasteiger partial charge >= 0.3 is 0 Å². The van der Waals surface area contributed by atoms with Crippen LogP contribution in [-0.2, 0) is 15.6 Å². The first-order valence-electron chi connectivity index (χ1n) is 7.99. The van der Waals surface area contributed by atoms with Gasteiger partial charge in [-0.2, -0.15) is 10.3 Å². The number of nitriles is 1. The van der Waals surface area contributed by atoms with E-state index in [4.69, 9.17) is 5.26 Å². The van der Waals surface area contributed by atoms with E-state index in [1.54, 1.807) is 12.3 Å². The molecule has 0 aromatic heterocycles. The molecule has 0 spiro atoms. The minimum absolute atomic E-state index is 0.241. The van der Waals surface area contributed by atoms with Crippen LogP contribution in [0.25, 0.3) is 6.08 Å². The Labute approximate surface area is 152 Å². The molecule has 1 aliphatic rings. The SMILES string of the molecule is CC(C)(C)c1cc(/C=C2\SC(NC#N)=NC2=O)cc(C(C)(C)C)c1O. The molecule has 5 nitrogen and oxygen atoms in total. The number of phenolic OH excluding ortho intramolecular Hbond substituents is 1. The molecule has 132 valence electrons. The predicted octanol–water partition coefficient (Wildman–Crippen LogP) is 4.03. The van der Waals surface area contributed by atoms with Crippen LogP contribution >= 0.6 is 11.8 Å². The van der Waals surface area contributed by atoms with Gasteiger partial charge in [-0.05, 0) is 46.4 Å². The topological polar surface area (TPSA) is 85.5 Å². The number of phenols is 1. The number of carbonyl (C=O) groups excluding carboxylic acids is 1. The first-order valence-corrected chi connectivity index (χ1v) is 8.81. The number of benzene rings is 1. The van der Waals surface area contributed by atoms with Crippen LogP contribution in [-0.4, -0.2) is 16.2 Å². The summed E-state index contributed by atoms with van der Waals surface area (Å²) in [6.45, 7) is 12.2. The molecule has 25 heavy (non-hydrogen) atoms. The molecule has 0 radical (unpaired) electrons. The minimum atomic E-state index is -0.370. The number of carbonyl (C=O) groups is 1. The number of amides is 1. The third kappa shape index (κ3) is 4.23. The van der Waals surface area contributed by atoms with E-state index in [1.807, 2.05) is 53.7 Å². The minimum Gasteiger partial charge on any atom is -0.507 e. The number of aromatic hydroxyl groups is 1. The summed E-state index contributed by atoms with van der Waals surface area (Å²) in [5, 5.41) is 22.1. The van der Waals surface area contributed by atoms with Crippen LogP contribution in [0.15, 0.2) is 22.0 Å². The first-order chi connectivity index (χ1) is 11.4. The second-order valence-corrected chi connectivity index (χ2v) is 9.06. The maximum Gasteiger partial charge on any atom is 0.286 e. The van der Waals surface area contributed by atoms with Crippen molar-refractivity contribution in [1.82, 2.24) is 5.32 Å². The Morgan fingerprint density at radius 1 is 1.16 bits per heavy atom. The summed E-state index contributed by atoms with van der Waals surface area (Å²) < 4.78 is 0. The van der Waals surface area contributed by atoms with Gasteiger partial charge in [0, 0.05) is 11.1 Å². The quantitative estimate of drug-likeness (QED) is 0.450. The van der Waals surface area contributed by atoms with E-state index in [9.17, 15) is 9.90 Å². The molecule has 1 amide bonds. The van der Waals surface area contributed by atoms with E-state index in [0.29, 0.717) is 10.7 Å². The Hall–Kier alpha value is -2.26. The third-order valence-corrected chi connectivity index (χ3v) is 4.73. The number of amidine groups is 1. The zero-order valence-corrected chi connectivity index (χ0v) is 16.2. The van der Waals surface area contributed by atoms with E-state index in [0.717, 1.165) is 28.5 Å². The molecule has 0 saturated carbocycles. The van der Waals surface area contributed by atoms with Crippen LogP contribution in [0.5, 0.6) is 5.75 Å². The lowest BCUT2D eigenvalue weighted by molar-refractivity contribution is -0.113. The fourth-order valence-corrected chi connectivity index (χ4v) is 3.31. The molecule has 1 aromatic carbocycles. The van der Waals surface area contributed by atoms with Gasteiger partial charge in [-0.15, -0.1) is 0 Å². The largest absolute Gasteiger partial charge is 0.507 e. The highest BCUT2D eigenvalue weighted by Crippen LogP contribution is 2.40. The Kier molecular flexibility index (Phi) is 5.01. The molecule has 1 heterocycles. The van der Waals surface area contributed by atoms with Gasteiger partial charge < -0.3 is 5.11 Å². The van der Waals surface area contributed by atoms with Crippen LogP contribution < -0.4 is 5.32 Å². The highest BCUT2D eigenvalue weighted by molar-refractivity contribution is 8.18. The van der Waals surface area contributed by atoms with Crippen molar-refractivity contribution in [2.24, 2.45) is 4.99 Å². The number of rotatable bonds is 1. The lowest BCUT2D eigenvalue weighted by Gasteiger charge is -2.28. The summed E-state index contributed by atoms with van der Waals surface area (Å²) in [4.78, 5) is 16.3. The van der Waals surface area contributed by atoms with E-state index in [1.165, 1.54) is 0 Å². The molecule has 0 fully saturated rings. The molecule has 0 atom stereocenters. The highest BCUT2D eigenvalue weighted by Gasteiger charge is 2.27. The van der Waals surface area contributed by atoms with Crippen molar-refractivity contribution in [3.8, 4) is 11.9 Å². The molecule has 0 bridgehead atoms. The molecular formula is C19H23N3O2S. The van der Waals surface area contributed by atoms with Gasteiger partial charge in [0.1, 0.15) is 5.75 Å². The van der Waals surface area contributed by atoms with E-state index < -0.39 is 0 Å². The molecule has 2 rings (SSSR count). The number of nitrogens with zero attached hydrogens (tertiary/aromatic N) is 2. The smallest absolute Gasteiger partial charge is 0.286 e. The molecule has 0 unspecified atom stereocenters. The van der Waals surface area contributed by atoms with Crippen LogP contribution in [0.3, 0.4) is 0 Å². The molecule has 6 heteroatoms. The molecule has 0 saturated heterocycles. The number of hydrogen-bond donors (Lipinski definition) is 2. The van der Waals surface area contributed by atoms with E-state index >= 15 is 0 Å². The number of hydrogen-bond acceptors (Lipinski definition) is 5. The molecular weight excluding hydrogens is 334 g/mol. The zero-order chi connectivity index (χ0) is 19.0. The van der Waals surface area contributed by atoms with Crippen molar-refractivity contribution in [3.05, 3.63) is 33.7 Å². The Morgan fingerprint density at radius 3 is 2.12 bits per heavy atom. The average molecular weight is 357 g/mol. The Balaban J connectivity index is 2.55.